The van der Waals surface area contributed by atoms with E-state index in [0.717, 1.165) is 50.6 Å². The molecular formula is C20H33N5O. The van der Waals surface area contributed by atoms with Gasteiger partial charge in [0.1, 0.15) is 5.82 Å². The molecule has 0 spiro atoms. The number of carbonyl (C=O) groups is 1. The van der Waals surface area contributed by atoms with Crippen LogP contribution in [0.3, 0.4) is 0 Å². The summed E-state index contributed by atoms with van der Waals surface area (Å²) in [5.41, 5.74) is 1.06. The summed E-state index contributed by atoms with van der Waals surface area (Å²) in [5, 5.41) is 6.45. The second-order valence-corrected chi connectivity index (χ2v) is 7.86. The van der Waals surface area contributed by atoms with Gasteiger partial charge >= 0.3 is 0 Å². The van der Waals surface area contributed by atoms with Gasteiger partial charge in [0.2, 0.25) is 5.91 Å². The van der Waals surface area contributed by atoms with Crippen molar-refractivity contribution in [3.05, 3.63) is 23.9 Å². The molecule has 1 unspecified atom stereocenters. The van der Waals surface area contributed by atoms with Gasteiger partial charge in [-0.1, -0.05) is 13.0 Å². The number of rotatable bonds is 6. The van der Waals surface area contributed by atoms with Crippen LogP contribution in [0.15, 0.2) is 18.3 Å². The fourth-order valence-corrected chi connectivity index (χ4v) is 3.89. The Morgan fingerprint density at radius 2 is 2.00 bits per heavy atom. The normalized spacial score (nSPS) is 20.8. The minimum absolute atomic E-state index is 0.152. The predicted molar refractivity (Wildman–Crippen MR) is 105 cm³/mol. The largest absolute Gasteiger partial charge is 0.354 e. The molecule has 3 rings (SSSR count). The Labute approximate surface area is 157 Å². The Kier molecular flexibility index (Phi) is 6.86. The van der Waals surface area contributed by atoms with Gasteiger partial charge in [-0.25, -0.2) is 4.98 Å². The summed E-state index contributed by atoms with van der Waals surface area (Å²) in [6.07, 6.45) is 4.89. The first-order valence-electron chi connectivity index (χ1n) is 9.97. The van der Waals surface area contributed by atoms with Crippen LogP contribution in [0.1, 0.15) is 31.7 Å². The first-order valence-corrected chi connectivity index (χ1v) is 9.97. The van der Waals surface area contributed by atoms with Crippen molar-refractivity contribution in [2.45, 2.75) is 32.7 Å². The maximum Gasteiger partial charge on any atom is 0.220 e. The lowest BCUT2D eigenvalue weighted by Gasteiger charge is -2.33. The van der Waals surface area contributed by atoms with Crippen LogP contribution in [-0.2, 0) is 11.3 Å². The summed E-state index contributed by atoms with van der Waals surface area (Å²) in [4.78, 5) is 21.5. The van der Waals surface area contributed by atoms with Gasteiger partial charge in [0, 0.05) is 45.3 Å². The average Bonchev–Trinajstić information content (AvgIpc) is 2.68. The van der Waals surface area contributed by atoms with Crippen LogP contribution in [0.25, 0.3) is 0 Å². The fraction of sp³-hybridized carbons (Fsp3) is 0.700. The van der Waals surface area contributed by atoms with E-state index in [2.05, 4.69) is 51.5 Å². The van der Waals surface area contributed by atoms with Crippen LogP contribution < -0.4 is 15.5 Å². The van der Waals surface area contributed by atoms with Crippen molar-refractivity contribution in [1.82, 2.24) is 20.5 Å². The molecule has 3 heterocycles. The number of hydrogen-bond donors (Lipinski definition) is 2. The maximum atomic E-state index is 12.3. The molecule has 1 atom stereocenters. The third-order valence-corrected chi connectivity index (χ3v) is 5.82. The summed E-state index contributed by atoms with van der Waals surface area (Å²) < 4.78 is 0. The standard InChI is InChI=1S/C20H33N5O/c1-16(18-5-7-21-8-6-18)13-20(26)23-15-17-3-4-19(22-14-17)25-11-9-24(2)10-12-25/h3-4,14,16,18,21H,5-13,15H2,1-2H3,(H,23,26). The number of likely N-dealkylation sites (N-methyl/N-ethyl adjacent to an activating group) is 1. The average molecular weight is 360 g/mol. The molecule has 0 bridgehead atoms. The molecule has 2 fully saturated rings. The molecule has 26 heavy (non-hydrogen) atoms. The topological polar surface area (TPSA) is 60.5 Å². The first kappa shape index (κ1) is 19.1. The number of piperidine rings is 1. The third-order valence-electron chi connectivity index (χ3n) is 5.82. The molecule has 144 valence electrons. The van der Waals surface area contributed by atoms with Crippen molar-refractivity contribution in [1.29, 1.82) is 0 Å². The van der Waals surface area contributed by atoms with E-state index >= 15 is 0 Å². The van der Waals surface area contributed by atoms with Crippen molar-refractivity contribution in [2.75, 3.05) is 51.2 Å². The van der Waals surface area contributed by atoms with Crippen LogP contribution >= 0.6 is 0 Å². The van der Waals surface area contributed by atoms with E-state index in [9.17, 15) is 4.79 Å². The second-order valence-electron chi connectivity index (χ2n) is 7.86. The summed E-state index contributed by atoms with van der Waals surface area (Å²) >= 11 is 0. The van der Waals surface area contributed by atoms with Crippen molar-refractivity contribution < 1.29 is 4.79 Å². The van der Waals surface area contributed by atoms with Gasteiger partial charge in [0.05, 0.1) is 0 Å². The number of pyridine rings is 1. The summed E-state index contributed by atoms with van der Waals surface area (Å²) in [5.74, 6) is 2.31. The highest BCUT2D eigenvalue weighted by molar-refractivity contribution is 5.76. The van der Waals surface area contributed by atoms with Gasteiger partial charge in [0.15, 0.2) is 0 Å². The number of nitrogens with zero attached hydrogens (tertiary/aromatic N) is 3. The van der Waals surface area contributed by atoms with Crippen LogP contribution in [0, 0.1) is 11.8 Å². The lowest BCUT2D eigenvalue weighted by Crippen LogP contribution is -2.44. The Bertz CT molecular complexity index is 562. The lowest BCUT2D eigenvalue weighted by atomic mass is 9.84. The summed E-state index contributed by atoms with van der Waals surface area (Å²) in [6.45, 7) is 9.14. The molecule has 0 saturated carbocycles. The number of amides is 1. The lowest BCUT2D eigenvalue weighted by molar-refractivity contribution is -0.122. The monoisotopic (exact) mass is 359 g/mol. The van der Waals surface area contributed by atoms with Crippen LogP contribution in [0.2, 0.25) is 0 Å². The zero-order chi connectivity index (χ0) is 18.4. The molecule has 1 aromatic rings. The molecule has 0 radical (unpaired) electrons. The molecule has 2 N–H and O–H groups in total. The highest BCUT2D eigenvalue weighted by atomic mass is 16.1. The van der Waals surface area contributed by atoms with E-state index in [-0.39, 0.29) is 5.91 Å². The first-order chi connectivity index (χ1) is 12.6. The molecule has 2 saturated heterocycles. The smallest absolute Gasteiger partial charge is 0.220 e. The zero-order valence-corrected chi connectivity index (χ0v) is 16.2. The molecule has 2 aliphatic heterocycles. The van der Waals surface area contributed by atoms with E-state index in [4.69, 9.17) is 0 Å². The van der Waals surface area contributed by atoms with E-state index in [1.54, 1.807) is 0 Å². The van der Waals surface area contributed by atoms with Gasteiger partial charge in [-0.05, 0) is 56.4 Å². The number of carbonyl (C=O) groups excluding carboxylic acids is 1. The molecule has 0 aromatic carbocycles. The third kappa shape index (κ3) is 5.42. The number of aromatic nitrogens is 1. The molecule has 6 nitrogen and oxygen atoms in total. The fourth-order valence-electron chi connectivity index (χ4n) is 3.89. The van der Waals surface area contributed by atoms with Crippen molar-refractivity contribution in [2.24, 2.45) is 11.8 Å². The van der Waals surface area contributed by atoms with Crippen molar-refractivity contribution in [3.63, 3.8) is 0 Å². The second kappa shape index (κ2) is 9.33. The molecule has 6 heteroatoms. The number of piperazine rings is 1. The van der Waals surface area contributed by atoms with Crippen molar-refractivity contribution >= 4 is 11.7 Å². The van der Waals surface area contributed by atoms with Gasteiger partial charge in [-0.3, -0.25) is 4.79 Å². The number of nitrogens with one attached hydrogen (secondary N) is 2. The van der Waals surface area contributed by atoms with E-state index in [1.165, 1.54) is 12.8 Å². The molecule has 2 aliphatic rings. The zero-order valence-electron chi connectivity index (χ0n) is 16.2. The summed E-state index contributed by atoms with van der Waals surface area (Å²) in [6, 6.07) is 4.15. The minimum Gasteiger partial charge on any atom is -0.354 e. The van der Waals surface area contributed by atoms with Crippen molar-refractivity contribution in [3.8, 4) is 0 Å². The van der Waals surface area contributed by atoms with Gasteiger partial charge in [-0.15, -0.1) is 0 Å². The Balaban J connectivity index is 1.42. The molecule has 1 amide bonds. The number of anilines is 1. The Morgan fingerprint density at radius 3 is 2.65 bits per heavy atom. The Morgan fingerprint density at radius 1 is 1.27 bits per heavy atom. The quantitative estimate of drug-likeness (QED) is 0.806. The molecule has 1 aromatic heterocycles. The van der Waals surface area contributed by atoms with Gasteiger partial charge < -0.3 is 20.4 Å². The van der Waals surface area contributed by atoms with E-state index < -0.39 is 0 Å². The van der Waals surface area contributed by atoms with Crippen LogP contribution in [-0.4, -0.2) is 62.1 Å². The number of hydrogen-bond acceptors (Lipinski definition) is 5. The molecular weight excluding hydrogens is 326 g/mol. The minimum atomic E-state index is 0.152. The van der Waals surface area contributed by atoms with Crippen LogP contribution in [0.5, 0.6) is 0 Å². The SMILES string of the molecule is CC(CC(=O)NCc1ccc(N2CCN(C)CC2)nc1)C1CCNCC1. The highest BCUT2D eigenvalue weighted by Gasteiger charge is 2.22. The Hall–Kier alpha value is -1.66. The van der Waals surface area contributed by atoms with Gasteiger partial charge in [-0.2, -0.15) is 0 Å². The highest BCUT2D eigenvalue weighted by Crippen LogP contribution is 2.24. The van der Waals surface area contributed by atoms with Gasteiger partial charge in [0.25, 0.3) is 0 Å². The van der Waals surface area contributed by atoms with E-state index in [0.29, 0.717) is 24.8 Å². The van der Waals surface area contributed by atoms with E-state index in [1.807, 2.05) is 6.20 Å². The predicted octanol–water partition coefficient (Wildman–Crippen LogP) is 1.48. The molecule has 0 aliphatic carbocycles. The summed E-state index contributed by atoms with van der Waals surface area (Å²) in [7, 11) is 2.16. The maximum absolute atomic E-state index is 12.3. The van der Waals surface area contributed by atoms with Crippen LogP contribution in [0.4, 0.5) is 5.82 Å².